The molecule has 0 aromatic rings. The van der Waals surface area contributed by atoms with Gasteiger partial charge in [-0.05, 0) is 26.2 Å². The predicted octanol–water partition coefficient (Wildman–Crippen LogP) is 2.69. The Bertz CT molecular complexity index is 112. The highest BCUT2D eigenvalue weighted by Gasteiger charge is 2.15. The van der Waals surface area contributed by atoms with Crippen molar-refractivity contribution in [3.8, 4) is 0 Å². The molecule has 0 rings (SSSR count). The Labute approximate surface area is 76.9 Å². The molecule has 12 heavy (non-hydrogen) atoms. The molecule has 2 nitrogen and oxygen atoms in total. The highest BCUT2D eigenvalue weighted by Crippen LogP contribution is 2.12. The second-order valence-corrected chi connectivity index (χ2v) is 3.94. The van der Waals surface area contributed by atoms with Crippen LogP contribution in [0.4, 0.5) is 0 Å². The van der Waals surface area contributed by atoms with Gasteiger partial charge in [-0.3, -0.25) is 4.84 Å². The number of hydrogen-bond acceptors (Lipinski definition) is 2. The van der Waals surface area contributed by atoms with E-state index in [0.29, 0.717) is 18.1 Å². The summed E-state index contributed by atoms with van der Waals surface area (Å²) in [5.74, 6) is 0.594. The van der Waals surface area contributed by atoms with Gasteiger partial charge in [0, 0.05) is 13.1 Å². The van der Waals surface area contributed by atoms with Crippen LogP contribution in [0.5, 0.6) is 0 Å². The van der Waals surface area contributed by atoms with Gasteiger partial charge in [-0.25, -0.2) is 0 Å². The van der Waals surface area contributed by atoms with Crippen molar-refractivity contribution < 1.29 is 4.84 Å². The number of nitrogens with zero attached hydrogens (tertiary/aromatic N) is 1. The van der Waals surface area contributed by atoms with Crippen molar-refractivity contribution in [3.05, 3.63) is 0 Å². The maximum absolute atomic E-state index is 5.76. The largest absolute Gasteiger partial charge is 0.295 e. The lowest BCUT2D eigenvalue weighted by molar-refractivity contribution is -0.210. The SMILES string of the molecule is CCC(ON(C)C(C)C)C(C)C. The molecule has 2 heteroatoms. The van der Waals surface area contributed by atoms with Crippen LogP contribution >= 0.6 is 0 Å². The van der Waals surface area contributed by atoms with E-state index in [1.807, 2.05) is 12.1 Å². The highest BCUT2D eigenvalue weighted by molar-refractivity contribution is 4.59. The number of rotatable bonds is 5. The third-order valence-electron chi connectivity index (χ3n) is 2.17. The van der Waals surface area contributed by atoms with E-state index in [-0.39, 0.29) is 0 Å². The predicted molar refractivity (Wildman–Crippen MR) is 52.9 cm³/mol. The Hall–Kier alpha value is -0.0800. The molecule has 0 aromatic carbocycles. The van der Waals surface area contributed by atoms with Crippen molar-refractivity contribution in [2.75, 3.05) is 7.05 Å². The van der Waals surface area contributed by atoms with Gasteiger partial charge in [0.1, 0.15) is 0 Å². The summed E-state index contributed by atoms with van der Waals surface area (Å²) in [5, 5.41) is 1.94. The molecule has 0 amide bonds. The average Bonchev–Trinajstić information content (AvgIpc) is 1.98. The summed E-state index contributed by atoms with van der Waals surface area (Å²) in [6.45, 7) is 10.8. The van der Waals surface area contributed by atoms with Crippen molar-refractivity contribution in [1.29, 1.82) is 0 Å². The fourth-order valence-electron chi connectivity index (χ4n) is 1.00. The molecule has 0 N–H and O–H groups in total. The summed E-state index contributed by atoms with van der Waals surface area (Å²) in [4.78, 5) is 5.76. The van der Waals surface area contributed by atoms with E-state index < -0.39 is 0 Å². The first-order chi connectivity index (χ1) is 5.49. The van der Waals surface area contributed by atoms with Crippen LogP contribution in [-0.4, -0.2) is 24.3 Å². The Morgan fingerprint density at radius 3 is 1.92 bits per heavy atom. The first kappa shape index (κ1) is 11.9. The molecule has 0 bridgehead atoms. The smallest absolute Gasteiger partial charge is 0.0813 e. The van der Waals surface area contributed by atoms with Crippen LogP contribution in [0.1, 0.15) is 41.0 Å². The zero-order valence-corrected chi connectivity index (χ0v) is 9.29. The molecule has 0 aliphatic carbocycles. The molecule has 0 aliphatic heterocycles. The molecule has 0 aliphatic rings. The third kappa shape index (κ3) is 4.07. The quantitative estimate of drug-likeness (QED) is 0.593. The molecule has 0 heterocycles. The van der Waals surface area contributed by atoms with Crippen LogP contribution in [0.3, 0.4) is 0 Å². The minimum Gasteiger partial charge on any atom is -0.295 e. The van der Waals surface area contributed by atoms with Crippen molar-refractivity contribution in [1.82, 2.24) is 5.06 Å². The van der Waals surface area contributed by atoms with Crippen molar-refractivity contribution in [3.63, 3.8) is 0 Å². The van der Waals surface area contributed by atoms with E-state index >= 15 is 0 Å². The van der Waals surface area contributed by atoms with Crippen LogP contribution in [0.2, 0.25) is 0 Å². The van der Waals surface area contributed by atoms with Crippen LogP contribution in [-0.2, 0) is 4.84 Å². The monoisotopic (exact) mass is 173 g/mol. The standard InChI is InChI=1S/C10H23NO/c1-7-10(8(2)3)12-11(6)9(4)5/h8-10H,7H2,1-6H3. The lowest BCUT2D eigenvalue weighted by atomic mass is 10.1. The van der Waals surface area contributed by atoms with Crippen LogP contribution in [0, 0.1) is 5.92 Å². The van der Waals surface area contributed by atoms with Gasteiger partial charge in [0.25, 0.3) is 0 Å². The lowest BCUT2D eigenvalue weighted by Gasteiger charge is -2.28. The molecule has 0 radical (unpaired) electrons. The van der Waals surface area contributed by atoms with Gasteiger partial charge in [-0.2, -0.15) is 5.06 Å². The molecule has 0 spiro atoms. The Kier molecular flexibility index (Phi) is 5.51. The summed E-state index contributed by atoms with van der Waals surface area (Å²) in [5.41, 5.74) is 0. The second-order valence-electron chi connectivity index (χ2n) is 3.94. The van der Waals surface area contributed by atoms with Crippen molar-refractivity contribution in [2.45, 2.75) is 53.2 Å². The fraction of sp³-hybridized carbons (Fsp3) is 1.00. The van der Waals surface area contributed by atoms with Crippen molar-refractivity contribution >= 4 is 0 Å². The van der Waals surface area contributed by atoms with Gasteiger partial charge in [0.15, 0.2) is 0 Å². The van der Waals surface area contributed by atoms with Crippen LogP contribution in [0.25, 0.3) is 0 Å². The van der Waals surface area contributed by atoms with Gasteiger partial charge >= 0.3 is 0 Å². The third-order valence-corrected chi connectivity index (χ3v) is 2.17. The molecule has 0 fully saturated rings. The normalized spacial score (nSPS) is 14.8. The average molecular weight is 173 g/mol. The minimum absolute atomic E-state index is 0.359. The van der Waals surface area contributed by atoms with Gasteiger partial charge in [-0.1, -0.05) is 20.8 Å². The summed E-state index contributed by atoms with van der Waals surface area (Å²) >= 11 is 0. The van der Waals surface area contributed by atoms with Crippen LogP contribution in [0.15, 0.2) is 0 Å². The summed E-state index contributed by atoms with van der Waals surface area (Å²) in [6.07, 6.45) is 1.44. The molecule has 0 aromatic heterocycles. The Balaban J connectivity index is 3.85. The first-order valence-electron chi connectivity index (χ1n) is 4.88. The number of hydroxylamine groups is 2. The highest BCUT2D eigenvalue weighted by atomic mass is 16.7. The van der Waals surface area contributed by atoms with Gasteiger partial charge in [0.2, 0.25) is 0 Å². The maximum atomic E-state index is 5.76. The molecule has 0 saturated heterocycles. The van der Waals surface area contributed by atoms with Gasteiger partial charge < -0.3 is 0 Å². The van der Waals surface area contributed by atoms with E-state index in [9.17, 15) is 0 Å². The first-order valence-corrected chi connectivity index (χ1v) is 4.88. The summed E-state index contributed by atoms with van der Waals surface area (Å²) in [7, 11) is 2.00. The van der Waals surface area contributed by atoms with E-state index in [4.69, 9.17) is 4.84 Å². The van der Waals surface area contributed by atoms with E-state index in [1.54, 1.807) is 0 Å². The zero-order valence-electron chi connectivity index (χ0n) is 9.29. The van der Waals surface area contributed by atoms with E-state index in [0.717, 1.165) is 6.42 Å². The summed E-state index contributed by atoms with van der Waals surface area (Å²) in [6, 6.07) is 0.456. The van der Waals surface area contributed by atoms with Crippen LogP contribution < -0.4 is 0 Å². The summed E-state index contributed by atoms with van der Waals surface area (Å²) < 4.78 is 0. The van der Waals surface area contributed by atoms with E-state index in [1.165, 1.54) is 0 Å². The molecule has 0 saturated carbocycles. The van der Waals surface area contributed by atoms with Crippen molar-refractivity contribution in [2.24, 2.45) is 5.92 Å². The number of hydrogen-bond donors (Lipinski definition) is 0. The molecular weight excluding hydrogens is 150 g/mol. The maximum Gasteiger partial charge on any atom is 0.0813 e. The molecular formula is C10H23NO. The lowest BCUT2D eigenvalue weighted by Crippen LogP contribution is -2.33. The topological polar surface area (TPSA) is 12.5 Å². The molecule has 1 unspecified atom stereocenters. The Morgan fingerprint density at radius 2 is 1.67 bits per heavy atom. The molecule has 74 valence electrons. The van der Waals surface area contributed by atoms with Gasteiger partial charge in [-0.15, -0.1) is 0 Å². The fourth-order valence-corrected chi connectivity index (χ4v) is 1.00. The Morgan fingerprint density at radius 1 is 1.17 bits per heavy atom. The second kappa shape index (κ2) is 5.55. The molecule has 1 atom stereocenters. The minimum atomic E-state index is 0.359. The van der Waals surface area contributed by atoms with E-state index in [2.05, 4.69) is 34.6 Å². The zero-order chi connectivity index (χ0) is 9.72. The van der Waals surface area contributed by atoms with Gasteiger partial charge in [0.05, 0.1) is 6.10 Å².